The van der Waals surface area contributed by atoms with Gasteiger partial charge in [-0.3, -0.25) is 5.10 Å². The zero-order chi connectivity index (χ0) is 20.8. The molecule has 0 aliphatic heterocycles. The van der Waals surface area contributed by atoms with Crippen molar-refractivity contribution in [2.75, 3.05) is 17.7 Å². The summed E-state index contributed by atoms with van der Waals surface area (Å²) in [6, 6.07) is 15.6. The second-order valence-electron chi connectivity index (χ2n) is 7.37. The van der Waals surface area contributed by atoms with Crippen LogP contribution in [0, 0.1) is 6.92 Å². The molecule has 0 radical (unpaired) electrons. The molecule has 3 aromatic rings. The van der Waals surface area contributed by atoms with Crippen molar-refractivity contribution in [1.82, 2.24) is 10.2 Å². The first kappa shape index (κ1) is 20.5. The fourth-order valence-corrected chi connectivity index (χ4v) is 3.11. The van der Waals surface area contributed by atoms with Gasteiger partial charge in [-0.05, 0) is 61.1 Å². The number of hydrogen-bond donors (Lipinski definition) is 3. The van der Waals surface area contributed by atoms with E-state index in [1.807, 2.05) is 55.5 Å². The van der Waals surface area contributed by atoms with E-state index in [1.165, 1.54) is 11.1 Å². The van der Waals surface area contributed by atoms with Crippen molar-refractivity contribution in [3.63, 3.8) is 0 Å². The molecule has 152 valence electrons. The summed E-state index contributed by atoms with van der Waals surface area (Å²) in [5, 5.41) is 13.1. The number of ether oxygens (including phenoxy) is 1. The minimum atomic E-state index is -0.280. The normalized spacial score (nSPS) is 10.8. The summed E-state index contributed by atoms with van der Waals surface area (Å²) in [4.78, 5) is 12.5. The van der Waals surface area contributed by atoms with Gasteiger partial charge in [0.1, 0.15) is 5.75 Å². The summed E-state index contributed by atoms with van der Waals surface area (Å²) in [5.41, 5.74) is 5.58. The summed E-state index contributed by atoms with van der Waals surface area (Å²) in [6.45, 7) is 6.19. The zero-order valence-corrected chi connectivity index (χ0v) is 17.4. The second-order valence-corrected chi connectivity index (χ2v) is 7.37. The van der Waals surface area contributed by atoms with Crippen molar-refractivity contribution in [1.29, 1.82) is 0 Å². The maximum Gasteiger partial charge on any atom is 0.323 e. The highest BCUT2D eigenvalue weighted by Crippen LogP contribution is 2.21. The molecule has 0 aliphatic rings. The number of carbonyl (C=O) groups excluding carboxylic acids is 1. The molecule has 1 heterocycles. The first-order valence-electron chi connectivity index (χ1n) is 9.81. The molecule has 6 nitrogen and oxygen atoms in total. The third-order valence-electron chi connectivity index (χ3n) is 4.91. The van der Waals surface area contributed by atoms with Crippen LogP contribution in [-0.2, 0) is 12.8 Å². The van der Waals surface area contributed by atoms with E-state index in [9.17, 15) is 4.79 Å². The number of aryl methyl sites for hydroxylation is 3. The molecule has 0 spiro atoms. The van der Waals surface area contributed by atoms with Crippen molar-refractivity contribution >= 4 is 17.4 Å². The van der Waals surface area contributed by atoms with E-state index in [0.717, 1.165) is 41.4 Å². The zero-order valence-electron chi connectivity index (χ0n) is 17.4. The highest BCUT2D eigenvalue weighted by molar-refractivity contribution is 6.00. The first-order chi connectivity index (χ1) is 14.0. The van der Waals surface area contributed by atoms with Crippen molar-refractivity contribution in [2.24, 2.45) is 0 Å². The van der Waals surface area contributed by atoms with E-state index in [0.29, 0.717) is 5.92 Å². The Hall–Kier alpha value is -3.28. The van der Waals surface area contributed by atoms with E-state index in [2.05, 4.69) is 34.7 Å². The van der Waals surface area contributed by atoms with Gasteiger partial charge in [0.15, 0.2) is 0 Å². The second kappa shape index (κ2) is 9.28. The molecule has 0 atom stereocenters. The number of rotatable bonds is 7. The van der Waals surface area contributed by atoms with Gasteiger partial charge in [-0.15, -0.1) is 0 Å². The van der Waals surface area contributed by atoms with Crippen molar-refractivity contribution in [3.05, 3.63) is 71.0 Å². The number of amides is 2. The molecule has 3 rings (SSSR count). The quantitative estimate of drug-likeness (QED) is 0.512. The minimum Gasteiger partial charge on any atom is -0.497 e. The van der Waals surface area contributed by atoms with Gasteiger partial charge in [-0.1, -0.05) is 38.1 Å². The van der Waals surface area contributed by atoms with E-state index in [1.54, 1.807) is 7.11 Å². The molecule has 1 aromatic heterocycles. The third-order valence-corrected chi connectivity index (χ3v) is 4.91. The SMILES string of the molecule is COc1ccc(CCc2n[nH]c(C)c2NC(=O)Nc2ccc(C(C)C)cc2)cc1. The molecule has 0 saturated carbocycles. The predicted molar refractivity (Wildman–Crippen MR) is 117 cm³/mol. The number of benzene rings is 2. The smallest absolute Gasteiger partial charge is 0.323 e. The summed E-state index contributed by atoms with van der Waals surface area (Å²) in [5.74, 6) is 1.30. The van der Waals surface area contributed by atoms with Crippen LogP contribution in [0.25, 0.3) is 0 Å². The number of H-pyrrole nitrogens is 1. The fraction of sp³-hybridized carbons (Fsp3) is 0.304. The van der Waals surface area contributed by atoms with Crippen LogP contribution in [0.4, 0.5) is 16.2 Å². The molecule has 0 fully saturated rings. The maximum atomic E-state index is 12.5. The summed E-state index contributed by atoms with van der Waals surface area (Å²) >= 11 is 0. The Kier molecular flexibility index (Phi) is 6.54. The number of nitrogens with zero attached hydrogens (tertiary/aromatic N) is 1. The van der Waals surface area contributed by atoms with E-state index >= 15 is 0 Å². The number of methoxy groups -OCH3 is 1. The van der Waals surface area contributed by atoms with Crippen LogP contribution in [-0.4, -0.2) is 23.3 Å². The molecule has 0 bridgehead atoms. The maximum absolute atomic E-state index is 12.5. The van der Waals surface area contributed by atoms with E-state index in [4.69, 9.17) is 4.74 Å². The number of aromatic nitrogens is 2. The Morgan fingerprint density at radius 1 is 1.03 bits per heavy atom. The van der Waals surface area contributed by atoms with Crippen LogP contribution in [0.15, 0.2) is 48.5 Å². The molecule has 0 saturated heterocycles. The molecule has 2 aromatic carbocycles. The van der Waals surface area contributed by atoms with Gasteiger partial charge in [0, 0.05) is 5.69 Å². The lowest BCUT2D eigenvalue weighted by atomic mass is 10.0. The highest BCUT2D eigenvalue weighted by Gasteiger charge is 2.14. The molecule has 0 aliphatic carbocycles. The number of aromatic amines is 1. The Morgan fingerprint density at radius 2 is 1.72 bits per heavy atom. The van der Waals surface area contributed by atoms with Gasteiger partial charge in [-0.2, -0.15) is 5.10 Å². The first-order valence-corrected chi connectivity index (χ1v) is 9.81. The van der Waals surface area contributed by atoms with Gasteiger partial charge in [-0.25, -0.2) is 4.79 Å². The number of carbonyl (C=O) groups is 1. The Labute approximate surface area is 171 Å². The average Bonchev–Trinajstić information content (AvgIpc) is 3.06. The van der Waals surface area contributed by atoms with E-state index in [-0.39, 0.29) is 6.03 Å². The van der Waals surface area contributed by atoms with Gasteiger partial charge in [0.2, 0.25) is 0 Å². The van der Waals surface area contributed by atoms with Crippen LogP contribution < -0.4 is 15.4 Å². The number of urea groups is 1. The van der Waals surface area contributed by atoms with Gasteiger partial charge in [0.05, 0.1) is 24.2 Å². The lowest BCUT2D eigenvalue weighted by Crippen LogP contribution is -2.20. The molecule has 29 heavy (non-hydrogen) atoms. The molecule has 3 N–H and O–H groups in total. The van der Waals surface area contributed by atoms with E-state index < -0.39 is 0 Å². The van der Waals surface area contributed by atoms with Crippen LogP contribution in [0.5, 0.6) is 5.75 Å². The van der Waals surface area contributed by atoms with Crippen molar-refractivity contribution in [2.45, 2.75) is 39.5 Å². The van der Waals surface area contributed by atoms with Crippen LogP contribution in [0.2, 0.25) is 0 Å². The predicted octanol–water partition coefficient (Wildman–Crippen LogP) is 5.28. The summed E-state index contributed by atoms with van der Waals surface area (Å²) < 4.78 is 5.19. The Bertz CT molecular complexity index is 944. The van der Waals surface area contributed by atoms with Crippen LogP contribution in [0.3, 0.4) is 0 Å². The third kappa shape index (κ3) is 5.38. The number of nitrogens with one attached hydrogen (secondary N) is 3. The van der Waals surface area contributed by atoms with Crippen LogP contribution >= 0.6 is 0 Å². The topological polar surface area (TPSA) is 79.0 Å². The summed E-state index contributed by atoms with van der Waals surface area (Å²) in [7, 11) is 1.66. The molecule has 0 unspecified atom stereocenters. The van der Waals surface area contributed by atoms with Gasteiger partial charge >= 0.3 is 6.03 Å². The number of hydrogen-bond acceptors (Lipinski definition) is 3. The van der Waals surface area contributed by atoms with Gasteiger partial charge < -0.3 is 15.4 Å². The fourth-order valence-electron chi connectivity index (χ4n) is 3.11. The molecule has 2 amide bonds. The Morgan fingerprint density at radius 3 is 2.34 bits per heavy atom. The molecule has 6 heteroatoms. The van der Waals surface area contributed by atoms with Crippen molar-refractivity contribution in [3.8, 4) is 5.75 Å². The lowest BCUT2D eigenvalue weighted by Gasteiger charge is -2.10. The minimum absolute atomic E-state index is 0.280. The Balaban J connectivity index is 1.61. The molecular formula is C23H28N4O2. The molecular weight excluding hydrogens is 364 g/mol. The monoisotopic (exact) mass is 392 g/mol. The van der Waals surface area contributed by atoms with Crippen molar-refractivity contribution < 1.29 is 9.53 Å². The largest absolute Gasteiger partial charge is 0.497 e. The van der Waals surface area contributed by atoms with Gasteiger partial charge in [0.25, 0.3) is 0 Å². The standard InChI is InChI=1S/C23H28N4O2/c1-15(2)18-8-10-19(11-9-18)24-23(28)25-22-16(3)26-27-21(22)14-7-17-5-12-20(29-4)13-6-17/h5-6,8-13,15H,7,14H2,1-4H3,(H,26,27)(H2,24,25,28). The highest BCUT2D eigenvalue weighted by atomic mass is 16.5. The number of anilines is 2. The average molecular weight is 393 g/mol. The van der Waals surface area contributed by atoms with Crippen LogP contribution in [0.1, 0.15) is 42.3 Å². The lowest BCUT2D eigenvalue weighted by molar-refractivity contribution is 0.262. The summed E-state index contributed by atoms with van der Waals surface area (Å²) in [6.07, 6.45) is 1.54.